The maximum atomic E-state index is 12.6. The van der Waals surface area contributed by atoms with E-state index >= 15 is 0 Å². The van der Waals surface area contributed by atoms with Crippen molar-refractivity contribution in [3.05, 3.63) is 36.2 Å². The van der Waals surface area contributed by atoms with Gasteiger partial charge in [-0.3, -0.25) is 9.63 Å². The smallest absolute Gasteiger partial charge is 0.297 e. The van der Waals surface area contributed by atoms with Gasteiger partial charge in [0.15, 0.2) is 11.5 Å². The number of carbonyl (C=O) groups excluding carboxylic acids is 1. The molecule has 1 aromatic heterocycles. The normalized spacial score (nSPS) is 21.2. The number of nitrogens with one attached hydrogen (secondary N) is 3. The Morgan fingerprint density at radius 2 is 1.82 bits per heavy atom. The summed E-state index contributed by atoms with van der Waals surface area (Å²) in [4.78, 5) is 31.4. The van der Waals surface area contributed by atoms with Gasteiger partial charge in [-0.1, -0.05) is 0 Å². The summed E-state index contributed by atoms with van der Waals surface area (Å²) < 4.78 is 0. The number of hydroxylamine groups is 1. The van der Waals surface area contributed by atoms with Crippen LogP contribution in [0.3, 0.4) is 0 Å². The van der Waals surface area contributed by atoms with Gasteiger partial charge in [-0.15, -0.1) is 0 Å². The monoisotopic (exact) mass is 469 g/mol. The van der Waals surface area contributed by atoms with Gasteiger partial charge >= 0.3 is 0 Å². The number of rotatable bonds is 8. The molecule has 1 saturated carbocycles. The number of likely N-dealkylation sites (N-methyl/N-ethyl adjacent to an activating group) is 1. The van der Waals surface area contributed by atoms with Gasteiger partial charge < -0.3 is 25.5 Å². The van der Waals surface area contributed by atoms with Crippen LogP contribution in [0.5, 0.6) is 0 Å². The number of aromatic nitrogens is 2. The van der Waals surface area contributed by atoms with E-state index in [4.69, 9.17) is 4.84 Å². The van der Waals surface area contributed by atoms with E-state index in [1.807, 2.05) is 12.1 Å². The second-order valence-electron chi connectivity index (χ2n) is 8.93. The van der Waals surface area contributed by atoms with Gasteiger partial charge in [0.05, 0.1) is 18.9 Å². The van der Waals surface area contributed by atoms with Crippen LogP contribution >= 0.6 is 0 Å². The Morgan fingerprint density at radius 3 is 2.50 bits per heavy atom. The van der Waals surface area contributed by atoms with E-state index in [-0.39, 0.29) is 17.8 Å². The maximum absolute atomic E-state index is 12.6. The Hall–Kier alpha value is -2.95. The molecule has 0 atom stereocenters. The van der Waals surface area contributed by atoms with Crippen LogP contribution in [0.4, 0.5) is 23.0 Å². The highest BCUT2D eigenvalue weighted by Crippen LogP contribution is 2.25. The van der Waals surface area contributed by atoms with Crippen molar-refractivity contribution in [2.24, 2.45) is 0 Å². The number of aliphatic hydroxyl groups excluding tert-OH is 1. The van der Waals surface area contributed by atoms with Crippen molar-refractivity contribution in [1.29, 1.82) is 0 Å². The highest BCUT2D eigenvalue weighted by molar-refractivity contribution is 5.97. The molecule has 34 heavy (non-hydrogen) atoms. The summed E-state index contributed by atoms with van der Waals surface area (Å²) >= 11 is 0. The molecule has 2 heterocycles. The molecule has 0 spiro atoms. The summed E-state index contributed by atoms with van der Waals surface area (Å²) in [5.74, 6) is 0.481. The first-order chi connectivity index (χ1) is 16.5. The minimum absolute atomic E-state index is 0.154. The SMILES string of the molecule is CCONC(=O)c1ncc(NC2CCC(O)CC2)nc1Nc1ccc(N2CCN(C)CC2)cc1. The minimum atomic E-state index is -0.460. The average Bonchev–Trinajstić information content (AvgIpc) is 2.85. The minimum Gasteiger partial charge on any atom is -0.393 e. The van der Waals surface area contributed by atoms with Gasteiger partial charge in [0.25, 0.3) is 5.91 Å². The molecular formula is C24H35N7O3. The fraction of sp³-hybridized carbons (Fsp3) is 0.542. The largest absolute Gasteiger partial charge is 0.393 e. The zero-order valence-electron chi connectivity index (χ0n) is 20.0. The summed E-state index contributed by atoms with van der Waals surface area (Å²) in [6.45, 7) is 6.25. The van der Waals surface area contributed by atoms with Crippen molar-refractivity contribution < 1.29 is 14.7 Å². The lowest BCUT2D eigenvalue weighted by atomic mass is 9.93. The van der Waals surface area contributed by atoms with Gasteiger partial charge in [-0.05, 0) is 63.9 Å². The van der Waals surface area contributed by atoms with Crippen molar-refractivity contribution >= 4 is 28.9 Å². The summed E-state index contributed by atoms with van der Waals surface area (Å²) in [5.41, 5.74) is 4.54. The third-order valence-electron chi connectivity index (χ3n) is 6.34. The third kappa shape index (κ3) is 6.34. The lowest BCUT2D eigenvalue weighted by Gasteiger charge is -2.34. The maximum Gasteiger partial charge on any atom is 0.297 e. The number of piperazine rings is 1. The Balaban J connectivity index is 1.49. The number of nitrogens with zero attached hydrogens (tertiary/aromatic N) is 4. The fourth-order valence-electron chi connectivity index (χ4n) is 4.28. The molecule has 0 radical (unpaired) electrons. The number of aliphatic hydroxyl groups is 1. The van der Waals surface area contributed by atoms with E-state index in [2.05, 4.69) is 55.1 Å². The molecule has 184 valence electrons. The van der Waals surface area contributed by atoms with Gasteiger partial charge in [0.1, 0.15) is 5.82 Å². The van der Waals surface area contributed by atoms with Crippen molar-refractivity contribution in [1.82, 2.24) is 20.3 Å². The van der Waals surface area contributed by atoms with Crippen LogP contribution in [0.15, 0.2) is 30.5 Å². The number of carbonyl (C=O) groups is 1. The predicted molar refractivity (Wildman–Crippen MR) is 132 cm³/mol. The van der Waals surface area contributed by atoms with Crippen molar-refractivity contribution in [2.75, 3.05) is 55.4 Å². The first kappa shape index (κ1) is 24.2. The highest BCUT2D eigenvalue weighted by atomic mass is 16.6. The molecule has 2 aliphatic rings. The lowest BCUT2D eigenvalue weighted by molar-refractivity contribution is 0.0360. The van der Waals surface area contributed by atoms with E-state index in [1.54, 1.807) is 13.1 Å². The first-order valence-corrected chi connectivity index (χ1v) is 12.1. The van der Waals surface area contributed by atoms with Crippen LogP contribution in [0, 0.1) is 0 Å². The predicted octanol–water partition coefficient (Wildman–Crippen LogP) is 2.37. The molecule has 1 aliphatic carbocycles. The summed E-state index contributed by atoms with van der Waals surface area (Å²) in [6, 6.07) is 8.36. The fourth-order valence-corrected chi connectivity index (χ4v) is 4.28. The number of hydrogen-bond acceptors (Lipinski definition) is 9. The van der Waals surface area contributed by atoms with Crippen molar-refractivity contribution in [3.63, 3.8) is 0 Å². The van der Waals surface area contributed by atoms with E-state index in [0.29, 0.717) is 18.2 Å². The molecule has 1 amide bonds. The van der Waals surface area contributed by atoms with Crippen LogP contribution in [0.1, 0.15) is 43.1 Å². The quantitative estimate of drug-likeness (QED) is 0.433. The topological polar surface area (TPSA) is 115 Å². The van der Waals surface area contributed by atoms with E-state index in [1.165, 1.54) is 5.69 Å². The Bertz CT molecular complexity index is 940. The van der Waals surface area contributed by atoms with Crippen LogP contribution in [-0.2, 0) is 4.84 Å². The van der Waals surface area contributed by atoms with E-state index in [0.717, 1.165) is 57.5 Å². The summed E-state index contributed by atoms with van der Waals surface area (Å²) in [5, 5.41) is 16.4. The molecule has 0 unspecified atom stereocenters. The Morgan fingerprint density at radius 1 is 1.12 bits per heavy atom. The van der Waals surface area contributed by atoms with Gasteiger partial charge in [0, 0.05) is 43.6 Å². The first-order valence-electron chi connectivity index (χ1n) is 12.1. The molecule has 4 N–H and O–H groups in total. The summed E-state index contributed by atoms with van der Waals surface area (Å²) in [6.07, 6.45) is 4.61. The lowest BCUT2D eigenvalue weighted by Crippen LogP contribution is -2.44. The Kier molecular flexibility index (Phi) is 8.15. The van der Waals surface area contributed by atoms with E-state index in [9.17, 15) is 9.90 Å². The van der Waals surface area contributed by atoms with Gasteiger partial charge in [-0.2, -0.15) is 0 Å². The standard InChI is InChI=1S/C24H35N7O3/c1-3-34-29-24(33)22-23(28-21(16-25-22)26-17-6-10-20(32)11-7-17)27-18-4-8-19(9-5-18)31-14-12-30(2)13-15-31/h4-5,8-9,16-17,20,32H,3,6-7,10-15H2,1-2H3,(H,29,33)(H2,26,27,28). The zero-order chi connectivity index (χ0) is 23.9. The van der Waals surface area contributed by atoms with E-state index < -0.39 is 5.91 Å². The van der Waals surface area contributed by atoms with Crippen molar-refractivity contribution in [2.45, 2.75) is 44.8 Å². The Labute approximate surface area is 200 Å². The zero-order valence-corrected chi connectivity index (χ0v) is 20.0. The molecule has 1 aliphatic heterocycles. The number of hydrogen-bond donors (Lipinski definition) is 4. The summed E-state index contributed by atoms with van der Waals surface area (Å²) in [7, 11) is 2.14. The number of amides is 1. The van der Waals surface area contributed by atoms with Crippen LogP contribution in [0.25, 0.3) is 0 Å². The molecule has 1 saturated heterocycles. The molecule has 4 rings (SSSR count). The van der Waals surface area contributed by atoms with Crippen LogP contribution in [0.2, 0.25) is 0 Å². The molecule has 10 nitrogen and oxygen atoms in total. The average molecular weight is 470 g/mol. The molecule has 1 aromatic carbocycles. The molecule has 10 heteroatoms. The third-order valence-corrected chi connectivity index (χ3v) is 6.34. The number of benzene rings is 1. The molecule has 2 aromatic rings. The van der Waals surface area contributed by atoms with Crippen LogP contribution in [-0.4, -0.2) is 77.9 Å². The van der Waals surface area contributed by atoms with Gasteiger partial charge in [0.2, 0.25) is 0 Å². The highest BCUT2D eigenvalue weighted by Gasteiger charge is 2.22. The molecule has 2 fully saturated rings. The molecular weight excluding hydrogens is 434 g/mol. The second-order valence-corrected chi connectivity index (χ2v) is 8.93. The second kappa shape index (κ2) is 11.5. The van der Waals surface area contributed by atoms with Gasteiger partial charge in [-0.25, -0.2) is 15.4 Å². The number of anilines is 4. The molecule has 0 bridgehead atoms. The van der Waals surface area contributed by atoms with Crippen LogP contribution < -0.4 is 21.0 Å². The van der Waals surface area contributed by atoms with Crippen molar-refractivity contribution in [3.8, 4) is 0 Å².